The van der Waals surface area contributed by atoms with Gasteiger partial charge >= 0.3 is 5.97 Å². The minimum absolute atomic E-state index is 0.0232. The van der Waals surface area contributed by atoms with Crippen LogP contribution in [0.25, 0.3) is 0 Å². The first-order valence-corrected chi connectivity index (χ1v) is 11.6. The summed E-state index contributed by atoms with van der Waals surface area (Å²) in [5.74, 6) is -0.823. The summed E-state index contributed by atoms with van der Waals surface area (Å²) in [5, 5.41) is 0.0810. The van der Waals surface area contributed by atoms with Gasteiger partial charge in [0.1, 0.15) is 0 Å². The average molecular weight is 353 g/mol. The standard InChI is InChI=1S/C19H32O4Si/c1-8-10-14-15(13-18(21)22-9-2)16(20)11-12-17(14)23-24(6,7)19(3,4)5/h8,11-12,14-15,17H,1,9-10,13H2,2-7H3/t14-,15-,17-/m1/s1. The fourth-order valence-electron chi connectivity index (χ4n) is 2.68. The minimum atomic E-state index is -1.98. The molecule has 0 unspecified atom stereocenters. The van der Waals surface area contributed by atoms with Crippen LogP contribution in [0.5, 0.6) is 0 Å². The zero-order valence-electron chi connectivity index (χ0n) is 15.9. The topological polar surface area (TPSA) is 52.6 Å². The molecule has 0 N–H and O–H groups in total. The van der Waals surface area contributed by atoms with Crippen LogP contribution in [0.2, 0.25) is 18.1 Å². The predicted molar refractivity (Wildman–Crippen MR) is 99.3 cm³/mol. The maximum atomic E-state index is 12.4. The van der Waals surface area contributed by atoms with Gasteiger partial charge in [0.15, 0.2) is 14.1 Å². The van der Waals surface area contributed by atoms with Gasteiger partial charge < -0.3 is 9.16 Å². The van der Waals surface area contributed by atoms with Crippen LogP contribution in [-0.4, -0.2) is 32.8 Å². The number of ether oxygens (including phenoxy) is 1. The first kappa shape index (κ1) is 20.8. The molecule has 5 heteroatoms. The van der Waals surface area contributed by atoms with E-state index in [0.717, 1.165) is 0 Å². The van der Waals surface area contributed by atoms with E-state index in [1.807, 2.05) is 6.08 Å². The number of hydrogen-bond acceptors (Lipinski definition) is 4. The highest BCUT2D eigenvalue weighted by Gasteiger charge is 2.43. The summed E-state index contributed by atoms with van der Waals surface area (Å²) < 4.78 is 11.6. The Hall–Kier alpha value is -1.20. The van der Waals surface area contributed by atoms with Crippen LogP contribution >= 0.6 is 0 Å². The Morgan fingerprint density at radius 1 is 1.38 bits per heavy atom. The largest absolute Gasteiger partial charge is 0.466 e. The Kier molecular flexibility index (Phi) is 7.17. The zero-order valence-corrected chi connectivity index (χ0v) is 16.9. The van der Waals surface area contributed by atoms with E-state index in [9.17, 15) is 9.59 Å². The van der Waals surface area contributed by atoms with Crippen LogP contribution in [0.4, 0.5) is 0 Å². The lowest BCUT2D eigenvalue weighted by Gasteiger charge is -2.43. The number of carbonyl (C=O) groups is 2. The van der Waals surface area contributed by atoms with Gasteiger partial charge in [-0.3, -0.25) is 9.59 Å². The average Bonchev–Trinajstić information content (AvgIpc) is 2.44. The molecule has 136 valence electrons. The minimum Gasteiger partial charge on any atom is -0.466 e. The molecule has 0 amide bonds. The van der Waals surface area contributed by atoms with Gasteiger partial charge in [-0.05, 0) is 37.6 Å². The van der Waals surface area contributed by atoms with E-state index in [1.54, 1.807) is 19.1 Å². The molecule has 0 fully saturated rings. The summed E-state index contributed by atoms with van der Waals surface area (Å²) >= 11 is 0. The Morgan fingerprint density at radius 3 is 2.50 bits per heavy atom. The molecule has 24 heavy (non-hydrogen) atoms. The fourth-order valence-corrected chi connectivity index (χ4v) is 3.97. The molecule has 0 spiro atoms. The van der Waals surface area contributed by atoms with Gasteiger partial charge in [0.25, 0.3) is 0 Å². The van der Waals surface area contributed by atoms with Gasteiger partial charge in [-0.15, -0.1) is 6.58 Å². The Bertz CT molecular complexity index is 502. The van der Waals surface area contributed by atoms with Crippen molar-refractivity contribution in [2.24, 2.45) is 11.8 Å². The normalized spacial score (nSPS) is 24.8. The molecular formula is C19H32O4Si. The van der Waals surface area contributed by atoms with E-state index in [4.69, 9.17) is 9.16 Å². The Labute approximate surface area is 147 Å². The number of esters is 1. The second-order valence-corrected chi connectivity index (χ2v) is 12.7. The quantitative estimate of drug-likeness (QED) is 0.390. The third-order valence-electron chi connectivity index (χ3n) is 5.12. The van der Waals surface area contributed by atoms with Crippen molar-refractivity contribution in [3.63, 3.8) is 0 Å². The van der Waals surface area contributed by atoms with E-state index in [0.29, 0.717) is 13.0 Å². The molecule has 4 nitrogen and oxygen atoms in total. The van der Waals surface area contributed by atoms with Crippen molar-refractivity contribution in [3.8, 4) is 0 Å². The first-order chi connectivity index (χ1) is 11.0. The van der Waals surface area contributed by atoms with Crippen LogP contribution < -0.4 is 0 Å². The summed E-state index contributed by atoms with van der Waals surface area (Å²) in [4.78, 5) is 24.3. The number of carbonyl (C=O) groups excluding carboxylic acids is 2. The molecule has 0 saturated carbocycles. The van der Waals surface area contributed by atoms with Crippen LogP contribution in [0, 0.1) is 11.8 Å². The summed E-state index contributed by atoms with van der Waals surface area (Å²) in [6.45, 7) is 16.9. The fraction of sp³-hybridized carbons (Fsp3) is 0.684. The highest BCUT2D eigenvalue weighted by atomic mass is 28.4. The molecule has 3 atom stereocenters. The van der Waals surface area contributed by atoms with Gasteiger partial charge in [0.05, 0.1) is 19.1 Å². The molecule has 0 heterocycles. The van der Waals surface area contributed by atoms with Crippen molar-refractivity contribution in [2.45, 2.75) is 64.8 Å². The maximum Gasteiger partial charge on any atom is 0.306 e. The molecule has 0 saturated heterocycles. The number of rotatable bonds is 7. The molecule has 0 bridgehead atoms. The highest BCUT2D eigenvalue weighted by molar-refractivity contribution is 6.74. The molecule has 1 rings (SSSR count). The molecule has 0 radical (unpaired) electrons. The smallest absolute Gasteiger partial charge is 0.306 e. The first-order valence-electron chi connectivity index (χ1n) is 8.70. The van der Waals surface area contributed by atoms with Crippen molar-refractivity contribution in [1.29, 1.82) is 0 Å². The molecular weight excluding hydrogens is 320 g/mol. The summed E-state index contributed by atoms with van der Waals surface area (Å²) in [6.07, 6.45) is 5.81. The van der Waals surface area contributed by atoms with Crippen LogP contribution in [-0.2, 0) is 18.8 Å². The molecule has 1 aliphatic rings. The van der Waals surface area contributed by atoms with E-state index < -0.39 is 14.2 Å². The lowest BCUT2D eigenvalue weighted by molar-refractivity contribution is -0.147. The summed E-state index contributed by atoms with van der Waals surface area (Å²) in [5.41, 5.74) is 0. The Morgan fingerprint density at radius 2 is 2.00 bits per heavy atom. The van der Waals surface area contributed by atoms with Crippen LogP contribution in [0.1, 0.15) is 40.5 Å². The van der Waals surface area contributed by atoms with Gasteiger partial charge in [-0.2, -0.15) is 0 Å². The molecule has 0 aromatic heterocycles. The molecule has 1 aliphatic carbocycles. The van der Waals surface area contributed by atoms with Crippen molar-refractivity contribution >= 4 is 20.1 Å². The van der Waals surface area contributed by atoms with Crippen molar-refractivity contribution in [1.82, 2.24) is 0 Å². The second kappa shape index (κ2) is 8.25. The maximum absolute atomic E-state index is 12.4. The van der Waals surface area contributed by atoms with Gasteiger partial charge in [-0.1, -0.05) is 32.9 Å². The van der Waals surface area contributed by atoms with Gasteiger partial charge in [-0.25, -0.2) is 0 Å². The zero-order chi connectivity index (χ0) is 18.5. The van der Waals surface area contributed by atoms with Crippen molar-refractivity contribution < 1.29 is 18.8 Å². The summed E-state index contributed by atoms with van der Waals surface area (Å²) in [6, 6.07) is 0. The third kappa shape index (κ3) is 5.15. The summed E-state index contributed by atoms with van der Waals surface area (Å²) in [7, 11) is -1.98. The monoisotopic (exact) mass is 352 g/mol. The van der Waals surface area contributed by atoms with Crippen molar-refractivity contribution in [3.05, 3.63) is 24.8 Å². The Balaban J connectivity index is 3.03. The van der Waals surface area contributed by atoms with Gasteiger partial charge in [0, 0.05) is 11.8 Å². The molecule has 0 aromatic carbocycles. The predicted octanol–water partition coefficient (Wildman–Crippen LogP) is 4.28. The van der Waals surface area contributed by atoms with E-state index in [-0.39, 0.29) is 35.2 Å². The van der Waals surface area contributed by atoms with Crippen molar-refractivity contribution in [2.75, 3.05) is 6.61 Å². The van der Waals surface area contributed by atoms with Gasteiger partial charge in [0.2, 0.25) is 0 Å². The molecule has 0 aliphatic heterocycles. The number of allylic oxidation sites excluding steroid dienone is 2. The van der Waals surface area contributed by atoms with Crippen LogP contribution in [0.3, 0.4) is 0 Å². The highest BCUT2D eigenvalue weighted by Crippen LogP contribution is 2.41. The number of hydrogen-bond donors (Lipinski definition) is 0. The molecule has 0 aromatic rings. The lowest BCUT2D eigenvalue weighted by Crippen LogP contribution is -2.48. The van der Waals surface area contributed by atoms with E-state index >= 15 is 0 Å². The number of ketones is 1. The lowest BCUT2D eigenvalue weighted by atomic mass is 9.76. The van der Waals surface area contributed by atoms with E-state index in [1.165, 1.54) is 0 Å². The third-order valence-corrected chi connectivity index (χ3v) is 9.60. The van der Waals surface area contributed by atoms with E-state index in [2.05, 4.69) is 40.4 Å². The van der Waals surface area contributed by atoms with Crippen LogP contribution in [0.15, 0.2) is 24.8 Å². The second-order valence-electron chi connectivity index (χ2n) is 7.91. The SMILES string of the molecule is C=CC[C@H]1[C@H](O[Si](C)(C)C(C)(C)C)C=CC(=O)[C@@H]1CC(=O)OCC.